The monoisotopic (exact) mass is 266 g/mol. The summed E-state index contributed by atoms with van der Waals surface area (Å²) < 4.78 is 24.0. The Kier molecular flexibility index (Phi) is 2.74. The van der Waals surface area contributed by atoms with Crippen LogP contribution in [-0.4, -0.2) is 31.4 Å². The van der Waals surface area contributed by atoms with Crippen molar-refractivity contribution in [1.29, 1.82) is 0 Å². The number of carboxylic acid groups (broad SMARTS) is 1. The molecule has 2 fully saturated rings. The first-order chi connectivity index (χ1) is 9.08. The Morgan fingerprint density at radius 2 is 2.26 bits per heavy atom. The lowest BCUT2D eigenvalue weighted by molar-refractivity contribution is -0.140. The lowest BCUT2D eigenvalue weighted by Crippen LogP contribution is -2.49. The average Bonchev–Trinajstić information content (AvgIpc) is 3.08. The summed E-state index contributed by atoms with van der Waals surface area (Å²) in [4.78, 5) is 11.0. The molecule has 1 aliphatic carbocycles. The highest BCUT2D eigenvalue weighted by molar-refractivity contribution is 5.74. The number of carboxylic acids is 1. The van der Waals surface area contributed by atoms with Crippen molar-refractivity contribution in [3.63, 3.8) is 0 Å². The molecule has 102 valence electrons. The van der Waals surface area contributed by atoms with Crippen LogP contribution in [0.3, 0.4) is 0 Å². The molecular formula is C14H15FO4. The third-order valence-corrected chi connectivity index (χ3v) is 4.26. The van der Waals surface area contributed by atoms with Crippen LogP contribution in [0.2, 0.25) is 0 Å². The Morgan fingerprint density at radius 1 is 1.53 bits per heavy atom. The molecule has 1 heterocycles. The van der Waals surface area contributed by atoms with Gasteiger partial charge in [0.05, 0.1) is 26.2 Å². The number of benzene rings is 1. The van der Waals surface area contributed by atoms with Crippen molar-refractivity contribution in [3.8, 4) is 5.75 Å². The third-order valence-electron chi connectivity index (χ3n) is 4.26. The van der Waals surface area contributed by atoms with Gasteiger partial charge in [-0.05, 0) is 30.0 Å². The SMILES string of the molecule is COc1ccc(C2(C3CC3C(=O)O)COC2)cc1F. The van der Waals surface area contributed by atoms with E-state index in [-0.39, 0.29) is 23.0 Å². The second-order valence-electron chi connectivity index (χ2n) is 5.29. The van der Waals surface area contributed by atoms with Crippen molar-refractivity contribution in [1.82, 2.24) is 0 Å². The number of halogens is 1. The van der Waals surface area contributed by atoms with Gasteiger partial charge in [0.25, 0.3) is 0 Å². The van der Waals surface area contributed by atoms with Gasteiger partial charge in [-0.25, -0.2) is 4.39 Å². The molecule has 0 amide bonds. The molecule has 0 bridgehead atoms. The van der Waals surface area contributed by atoms with Crippen molar-refractivity contribution < 1.29 is 23.8 Å². The zero-order valence-corrected chi connectivity index (χ0v) is 10.6. The number of hydrogen-bond acceptors (Lipinski definition) is 3. The highest BCUT2D eigenvalue weighted by Crippen LogP contribution is 2.56. The molecule has 19 heavy (non-hydrogen) atoms. The number of ether oxygens (including phenoxy) is 2. The number of carbonyl (C=O) groups is 1. The summed E-state index contributed by atoms with van der Waals surface area (Å²) in [5, 5.41) is 9.06. The summed E-state index contributed by atoms with van der Waals surface area (Å²) in [5.41, 5.74) is 0.474. The molecule has 1 aromatic rings. The van der Waals surface area contributed by atoms with Gasteiger partial charge in [-0.15, -0.1) is 0 Å². The fourth-order valence-electron chi connectivity index (χ4n) is 2.97. The molecule has 0 radical (unpaired) electrons. The second kappa shape index (κ2) is 4.20. The second-order valence-corrected chi connectivity index (χ2v) is 5.29. The highest BCUT2D eigenvalue weighted by atomic mass is 19.1. The van der Waals surface area contributed by atoms with Crippen molar-refractivity contribution in [2.24, 2.45) is 11.8 Å². The molecule has 0 aromatic heterocycles. The lowest BCUT2D eigenvalue weighted by Gasteiger charge is -2.42. The summed E-state index contributed by atoms with van der Waals surface area (Å²) >= 11 is 0. The Labute approximate surface area is 110 Å². The first-order valence-corrected chi connectivity index (χ1v) is 6.23. The van der Waals surface area contributed by atoms with Gasteiger partial charge < -0.3 is 14.6 Å². The Bertz CT molecular complexity index is 524. The van der Waals surface area contributed by atoms with Gasteiger partial charge in [0.2, 0.25) is 0 Å². The minimum absolute atomic E-state index is 0.0477. The predicted molar refractivity (Wildman–Crippen MR) is 64.7 cm³/mol. The van der Waals surface area contributed by atoms with Gasteiger partial charge in [-0.3, -0.25) is 4.79 Å². The van der Waals surface area contributed by atoms with Crippen LogP contribution in [-0.2, 0) is 14.9 Å². The number of aliphatic carboxylic acids is 1. The summed E-state index contributed by atoms with van der Waals surface area (Å²) in [5.74, 6) is -1.27. The van der Waals surface area contributed by atoms with E-state index >= 15 is 0 Å². The number of methoxy groups -OCH3 is 1. The molecule has 1 aliphatic heterocycles. The summed E-state index contributed by atoms with van der Waals surface area (Å²) in [6.45, 7) is 0.931. The zero-order valence-electron chi connectivity index (χ0n) is 10.6. The van der Waals surface area contributed by atoms with Crippen molar-refractivity contribution in [3.05, 3.63) is 29.6 Å². The molecule has 0 spiro atoms. The van der Waals surface area contributed by atoms with E-state index < -0.39 is 11.8 Å². The molecule has 4 nitrogen and oxygen atoms in total. The number of hydrogen-bond donors (Lipinski definition) is 1. The van der Waals surface area contributed by atoms with Crippen LogP contribution >= 0.6 is 0 Å². The third kappa shape index (κ3) is 1.80. The van der Waals surface area contributed by atoms with E-state index in [1.54, 1.807) is 6.07 Å². The van der Waals surface area contributed by atoms with Crippen molar-refractivity contribution >= 4 is 5.97 Å². The van der Waals surface area contributed by atoms with E-state index in [2.05, 4.69) is 0 Å². The largest absolute Gasteiger partial charge is 0.494 e. The molecule has 2 aliphatic rings. The first kappa shape index (κ1) is 12.4. The summed E-state index contributed by atoms with van der Waals surface area (Å²) in [7, 11) is 1.42. The van der Waals surface area contributed by atoms with E-state index in [1.165, 1.54) is 13.2 Å². The standard InChI is InChI=1S/C14H15FO4/c1-18-12-3-2-8(4-11(12)15)14(6-19-7-14)10-5-9(10)13(16)17/h2-4,9-10H,5-7H2,1H3,(H,16,17). The van der Waals surface area contributed by atoms with Gasteiger partial charge in [0, 0.05) is 5.41 Å². The molecular weight excluding hydrogens is 251 g/mol. The Balaban J connectivity index is 1.91. The van der Waals surface area contributed by atoms with Gasteiger partial charge in [-0.1, -0.05) is 6.07 Å². The lowest BCUT2D eigenvalue weighted by atomic mass is 9.73. The van der Waals surface area contributed by atoms with Crippen LogP contribution in [0.25, 0.3) is 0 Å². The Hall–Kier alpha value is -1.62. The van der Waals surface area contributed by atoms with E-state index in [4.69, 9.17) is 14.6 Å². The fourth-order valence-corrected chi connectivity index (χ4v) is 2.97. The van der Waals surface area contributed by atoms with Crippen LogP contribution < -0.4 is 4.74 Å². The summed E-state index contributed by atoms with van der Waals surface area (Å²) in [6.07, 6.45) is 0.645. The highest BCUT2D eigenvalue weighted by Gasteiger charge is 2.60. The zero-order chi connectivity index (χ0) is 13.6. The maximum Gasteiger partial charge on any atom is 0.306 e. The quantitative estimate of drug-likeness (QED) is 0.903. The van der Waals surface area contributed by atoms with Crippen LogP contribution in [0.15, 0.2) is 18.2 Å². The van der Waals surface area contributed by atoms with Gasteiger partial charge in [0.15, 0.2) is 11.6 Å². The van der Waals surface area contributed by atoms with Gasteiger partial charge >= 0.3 is 5.97 Å². The van der Waals surface area contributed by atoms with E-state index in [1.807, 2.05) is 6.07 Å². The molecule has 5 heteroatoms. The van der Waals surface area contributed by atoms with Crippen LogP contribution in [0.1, 0.15) is 12.0 Å². The van der Waals surface area contributed by atoms with E-state index in [0.29, 0.717) is 19.6 Å². The molecule has 1 saturated heterocycles. The Morgan fingerprint density at radius 3 is 2.68 bits per heavy atom. The summed E-state index contributed by atoms with van der Waals surface area (Å²) in [6, 6.07) is 4.84. The van der Waals surface area contributed by atoms with Crippen LogP contribution in [0.5, 0.6) is 5.75 Å². The smallest absolute Gasteiger partial charge is 0.306 e. The van der Waals surface area contributed by atoms with Gasteiger partial charge in [0.1, 0.15) is 0 Å². The average molecular weight is 266 g/mol. The molecule has 1 N–H and O–H groups in total. The van der Waals surface area contributed by atoms with Crippen LogP contribution in [0.4, 0.5) is 4.39 Å². The minimum atomic E-state index is -0.773. The minimum Gasteiger partial charge on any atom is -0.494 e. The normalized spacial score (nSPS) is 27.5. The molecule has 3 rings (SSSR count). The van der Waals surface area contributed by atoms with Crippen LogP contribution in [0, 0.1) is 17.7 Å². The van der Waals surface area contributed by atoms with E-state index in [0.717, 1.165) is 5.56 Å². The maximum atomic E-state index is 13.8. The molecule has 2 unspecified atom stereocenters. The molecule has 1 saturated carbocycles. The predicted octanol–water partition coefficient (Wildman–Crippen LogP) is 1.82. The maximum absolute atomic E-state index is 13.8. The van der Waals surface area contributed by atoms with Gasteiger partial charge in [-0.2, -0.15) is 0 Å². The first-order valence-electron chi connectivity index (χ1n) is 6.23. The topological polar surface area (TPSA) is 55.8 Å². The van der Waals surface area contributed by atoms with Crippen molar-refractivity contribution in [2.45, 2.75) is 11.8 Å². The fraction of sp³-hybridized carbons (Fsp3) is 0.500. The molecule has 1 aromatic carbocycles. The van der Waals surface area contributed by atoms with E-state index in [9.17, 15) is 9.18 Å². The molecule has 2 atom stereocenters. The number of rotatable bonds is 4. The van der Waals surface area contributed by atoms with Crippen molar-refractivity contribution in [2.75, 3.05) is 20.3 Å².